The normalized spacial score (nSPS) is 27.1. The summed E-state index contributed by atoms with van der Waals surface area (Å²) in [6.07, 6.45) is 2.44. The van der Waals surface area contributed by atoms with Gasteiger partial charge in [0.15, 0.2) is 0 Å². The van der Waals surface area contributed by atoms with Crippen molar-refractivity contribution in [3.8, 4) is 0 Å². The van der Waals surface area contributed by atoms with Crippen molar-refractivity contribution < 1.29 is 18.7 Å². The summed E-state index contributed by atoms with van der Waals surface area (Å²) in [6, 6.07) is 0. The summed E-state index contributed by atoms with van der Waals surface area (Å²) in [5, 5.41) is 13.2. The fraction of sp³-hybridized carbons (Fsp3) is 0.667. The summed E-state index contributed by atoms with van der Waals surface area (Å²) >= 11 is 0. The SMILES string of the molecule is CCn1cc([C@H]2CC(F)(F)CC[C@@H]2C(=O)O)cn1. The van der Waals surface area contributed by atoms with Crippen LogP contribution in [-0.2, 0) is 11.3 Å². The van der Waals surface area contributed by atoms with Crippen molar-refractivity contribution in [3.63, 3.8) is 0 Å². The largest absolute Gasteiger partial charge is 0.481 e. The number of aromatic nitrogens is 2. The number of carbonyl (C=O) groups is 1. The lowest BCUT2D eigenvalue weighted by Crippen LogP contribution is -2.34. The third kappa shape index (κ3) is 2.52. The topological polar surface area (TPSA) is 55.1 Å². The van der Waals surface area contributed by atoms with Crippen LogP contribution in [0.1, 0.15) is 37.7 Å². The van der Waals surface area contributed by atoms with Gasteiger partial charge in [0.2, 0.25) is 5.92 Å². The predicted octanol–water partition coefficient (Wildman–Crippen LogP) is 2.51. The third-order valence-corrected chi connectivity index (χ3v) is 3.55. The first-order valence-corrected chi connectivity index (χ1v) is 6.06. The summed E-state index contributed by atoms with van der Waals surface area (Å²) in [6.45, 7) is 2.53. The minimum absolute atomic E-state index is 0.0182. The van der Waals surface area contributed by atoms with Crippen molar-refractivity contribution in [2.24, 2.45) is 5.92 Å². The predicted molar refractivity (Wildman–Crippen MR) is 60.6 cm³/mol. The number of rotatable bonds is 3. The summed E-state index contributed by atoms with van der Waals surface area (Å²) in [4.78, 5) is 11.2. The molecule has 0 radical (unpaired) electrons. The van der Waals surface area contributed by atoms with Gasteiger partial charge < -0.3 is 5.11 Å². The van der Waals surface area contributed by atoms with E-state index in [1.54, 1.807) is 10.9 Å². The van der Waals surface area contributed by atoms with E-state index in [2.05, 4.69) is 5.10 Å². The van der Waals surface area contributed by atoms with Gasteiger partial charge in [0.25, 0.3) is 0 Å². The number of halogens is 2. The lowest BCUT2D eigenvalue weighted by molar-refractivity contribution is -0.147. The van der Waals surface area contributed by atoms with Crippen LogP contribution >= 0.6 is 0 Å². The minimum Gasteiger partial charge on any atom is -0.481 e. The van der Waals surface area contributed by atoms with Gasteiger partial charge >= 0.3 is 5.97 Å². The van der Waals surface area contributed by atoms with Gasteiger partial charge in [-0.25, -0.2) is 8.78 Å². The molecule has 18 heavy (non-hydrogen) atoms. The molecule has 0 spiro atoms. The van der Waals surface area contributed by atoms with Gasteiger partial charge in [-0.1, -0.05) is 0 Å². The van der Waals surface area contributed by atoms with Crippen molar-refractivity contribution in [3.05, 3.63) is 18.0 Å². The van der Waals surface area contributed by atoms with E-state index in [1.807, 2.05) is 6.92 Å². The molecule has 1 saturated carbocycles. The smallest absolute Gasteiger partial charge is 0.307 e. The highest BCUT2D eigenvalue weighted by Gasteiger charge is 2.45. The quantitative estimate of drug-likeness (QED) is 0.906. The summed E-state index contributed by atoms with van der Waals surface area (Å²) in [7, 11) is 0. The van der Waals surface area contributed by atoms with E-state index in [0.717, 1.165) is 0 Å². The van der Waals surface area contributed by atoms with E-state index in [-0.39, 0.29) is 12.8 Å². The van der Waals surface area contributed by atoms with Gasteiger partial charge in [-0.15, -0.1) is 0 Å². The number of aryl methyl sites for hydroxylation is 1. The van der Waals surface area contributed by atoms with Gasteiger partial charge in [-0.05, 0) is 18.9 Å². The first-order chi connectivity index (χ1) is 8.43. The fourth-order valence-corrected chi connectivity index (χ4v) is 2.52. The molecule has 0 aliphatic heterocycles. The van der Waals surface area contributed by atoms with Gasteiger partial charge in [-0.2, -0.15) is 5.10 Å². The number of alkyl halides is 2. The maximum Gasteiger partial charge on any atom is 0.307 e. The highest BCUT2D eigenvalue weighted by molar-refractivity contribution is 5.71. The number of hydrogen-bond acceptors (Lipinski definition) is 2. The highest BCUT2D eigenvalue weighted by Crippen LogP contribution is 2.45. The monoisotopic (exact) mass is 258 g/mol. The van der Waals surface area contributed by atoms with Crippen molar-refractivity contribution in [2.75, 3.05) is 0 Å². The average molecular weight is 258 g/mol. The average Bonchev–Trinajstić information content (AvgIpc) is 2.75. The van der Waals surface area contributed by atoms with E-state index in [0.29, 0.717) is 12.1 Å². The molecule has 1 aromatic rings. The van der Waals surface area contributed by atoms with E-state index in [1.165, 1.54) is 6.20 Å². The summed E-state index contributed by atoms with van der Waals surface area (Å²) in [5.74, 6) is -5.16. The standard InChI is InChI=1S/C12H16F2N2O2/c1-2-16-7-8(6-15-16)10-5-12(13,14)4-3-9(10)11(17)18/h6-7,9-10H,2-5H2,1H3,(H,17,18)/t9-,10+/m0/s1. The molecule has 1 N–H and O–H groups in total. The second-order valence-electron chi connectivity index (χ2n) is 4.78. The molecule has 6 heteroatoms. The molecule has 4 nitrogen and oxygen atoms in total. The van der Waals surface area contributed by atoms with Gasteiger partial charge in [0.05, 0.1) is 12.1 Å². The second kappa shape index (κ2) is 4.66. The van der Waals surface area contributed by atoms with Gasteiger partial charge in [0.1, 0.15) is 0 Å². The van der Waals surface area contributed by atoms with E-state index >= 15 is 0 Å². The maximum absolute atomic E-state index is 13.4. The van der Waals surface area contributed by atoms with E-state index in [9.17, 15) is 13.6 Å². The molecular formula is C12H16F2N2O2. The zero-order chi connectivity index (χ0) is 13.3. The van der Waals surface area contributed by atoms with E-state index in [4.69, 9.17) is 5.11 Å². The second-order valence-corrected chi connectivity index (χ2v) is 4.78. The van der Waals surface area contributed by atoms with Crippen molar-refractivity contribution in [2.45, 2.75) is 44.6 Å². The Hall–Kier alpha value is -1.46. The Bertz CT molecular complexity index is 445. The molecule has 2 rings (SSSR count). The minimum atomic E-state index is -2.77. The van der Waals surface area contributed by atoms with E-state index < -0.39 is 30.1 Å². The molecule has 1 aliphatic rings. The molecule has 2 atom stereocenters. The number of nitrogens with zero attached hydrogens (tertiary/aromatic N) is 2. The number of hydrogen-bond donors (Lipinski definition) is 1. The zero-order valence-electron chi connectivity index (χ0n) is 10.1. The first kappa shape index (κ1) is 13.0. The van der Waals surface area contributed by atoms with Crippen LogP contribution < -0.4 is 0 Å². The Labute approximate surface area is 104 Å². The lowest BCUT2D eigenvalue weighted by Gasteiger charge is -2.33. The van der Waals surface area contributed by atoms with Crippen molar-refractivity contribution in [1.29, 1.82) is 0 Å². The third-order valence-electron chi connectivity index (χ3n) is 3.55. The summed E-state index contributed by atoms with van der Waals surface area (Å²) in [5.41, 5.74) is 0.601. The molecular weight excluding hydrogens is 242 g/mol. The van der Waals surface area contributed by atoms with Crippen LogP contribution in [0.25, 0.3) is 0 Å². The van der Waals surface area contributed by atoms with Crippen LogP contribution in [0.2, 0.25) is 0 Å². The van der Waals surface area contributed by atoms with Crippen LogP contribution in [0.3, 0.4) is 0 Å². The maximum atomic E-state index is 13.4. The summed E-state index contributed by atoms with van der Waals surface area (Å²) < 4.78 is 28.5. The van der Waals surface area contributed by atoms with Gasteiger partial charge in [0, 0.05) is 31.5 Å². The Kier molecular flexibility index (Phi) is 3.36. The molecule has 0 bridgehead atoms. The molecule has 100 valence electrons. The molecule has 1 aromatic heterocycles. The first-order valence-electron chi connectivity index (χ1n) is 6.06. The van der Waals surface area contributed by atoms with Gasteiger partial charge in [-0.3, -0.25) is 9.48 Å². The van der Waals surface area contributed by atoms with Crippen LogP contribution in [0.5, 0.6) is 0 Å². The molecule has 1 fully saturated rings. The lowest BCUT2D eigenvalue weighted by atomic mass is 9.75. The molecule has 0 saturated heterocycles. The zero-order valence-corrected chi connectivity index (χ0v) is 10.1. The molecule has 0 unspecified atom stereocenters. The van der Waals surface area contributed by atoms with Crippen molar-refractivity contribution >= 4 is 5.97 Å². The Morgan fingerprint density at radius 3 is 2.94 bits per heavy atom. The Balaban J connectivity index is 2.27. The van der Waals surface area contributed by atoms with Crippen LogP contribution in [0.4, 0.5) is 8.78 Å². The van der Waals surface area contributed by atoms with Crippen molar-refractivity contribution in [1.82, 2.24) is 9.78 Å². The fourth-order valence-electron chi connectivity index (χ4n) is 2.52. The molecule has 0 aromatic carbocycles. The molecule has 1 aliphatic carbocycles. The Morgan fingerprint density at radius 2 is 2.39 bits per heavy atom. The highest BCUT2D eigenvalue weighted by atomic mass is 19.3. The number of carboxylic acids is 1. The van der Waals surface area contributed by atoms with Crippen LogP contribution in [0, 0.1) is 5.92 Å². The van der Waals surface area contributed by atoms with Crippen LogP contribution in [0.15, 0.2) is 12.4 Å². The molecule has 1 heterocycles. The number of carboxylic acid groups (broad SMARTS) is 1. The van der Waals surface area contributed by atoms with Crippen LogP contribution in [-0.4, -0.2) is 26.8 Å². The molecule has 0 amide bonds. The number of aliphatic carboxylic acids is 1. The Morgan fingerprint density at radius 1 is 1.67 bits per heavy atom.